The fourth-order valence-corrected chi connectivity index (χ4v) is 7.58. The molecule has 29 heavy (non-hydrogen) atoms. The van der Waals surface area contributed by atoms with Gasteiger partial charge in [0.15, 0.2) is 0 Å². The molecule has 0 rings (SSSR count). The van der Waals surface area contributed by atoms with Crippen molar-refractivity contribution >= 4 is 124 Å². The Morgan fingerprint density at radius 1 is 0.414 bits per heavy atom. The lowest BCUT2D eigenvalue weighted by Crippen LogP contribution is -2.57. The van der Waals surface area contributed by atoms with E-state index in [1.165, 1.54) is 0 Å². The van der Waals surface area contributed by atoms with E-state index in [4.69, 9.17) is 23.2 Å². The summed E-state index contributed by atoms with van der Waals surface area (Å²) in [6.07, 6.45) is 0. The van der Waals surface area contributed by atoms with Gasteiger partial charge < -0.3 is 0 Å². The van der Waals surface area contributed by atoms with Gasteiger partial charge in [-0.25, -0.2) is 8.78 Å². The van der Waals surface area contributed by atoms with Crippen molar-refractivity contribution in [1.82, 2.24) is 0 Å². The highest BCUT2D eigenvalue weighted by Crippen LogP contribution is 2.67. The van der Waals surface area contributed by atoms with E-state index >= 15 is 0 Å². The second-order valence-electron chi connectivity index (χ2n) is 4.56. The third-order valence-electron chi connectivity index (χ3n) is 2.51. The molecule has 0 amide bonds. The predicted octanol–water partition coefficient (Wildman–Crippen LogP) is 10.0. The summed E-state index contributed by atoms with van der Waals surface area (Å²) in [4.78, 5) is 0. The first-order valence-electron chi connectivity index (χ1n) is 5.64. The maximum Gasteiger partial charge on any atom is 0.360 e. The lowest BCUT2D eigenvalue weighted by atomic mass is 10.2. The van der Waals surface area contributed by atoms with Crippen molar-refractivity contribution in [1.29, 1.82) is 0 Å². The zero-order valence-electron chi connectivity index (χ0n) is 12.0. The van der Waals surface area contributed by atoms with Crippen LogP contribution < -0.4 is 0 Å². The predicted molar refractivity (Wildman–Crippen MR) is 103 cm³/mol. The van der Waals surface area contributed by atoms with Crippen LogP contribution in [0.25, 0.3) is 0 Å². The molecule has 0 aromatic carbocycles. The largest absolute Gasteiger partial charge is 0.360 e. The van der Waals surface area contributed by atoms with Crippen LogP contribution in [-0.4, -0.2) is 40.2 Å². The van der Waals surface area contributed by atoms with Gasteiger partial charge in [-0.15, -0.1) is 0 Å². The van der Waals surface area contributed by atoms with Crippen LogP contribution in [0.15, 0.2) is 0 Å². The first-order chi connectivity index (χ1) is 12.2. The molecule has 0 heterocycles. The van der Waals surface area contributed by atoms with Crippen LogP contribution in [-0.2, 0) is 0 Å². The van der Waals surface area contributed by atoms with E-state index in [1.54, 1.807) is 0 Å². The maximum absolute atomic E-state index is 14.0. The average molecular weight is 666 g/mol. The van der Waals surface area contributed by atoms with E-state index in [2.05, 4.69) is 69.6 Å². The monoisotopic (exact) mass is 662 g/mol. The molecule has 0 nitrogen and oxygen atoms in total. The Hall–Kier alpha value is 2.67. The molecule has 0 saturated heterocycles. The smallest absolute Gasteiger partial charge is 0.206 e. The molecule has 0 aliphatic heterocycles. The zero-order chi connectivity index (χ0) is 24.1. The molecule has 2 unspecified atom stereocenters. The van der Waals surface area contributed by atoms with Gasteiger partial charge in [0.2, 0.25) is 0 Å². The van der Waals surface area contributed by atoms with E-state index in [-0.39, 0.29) is 0 Å². The molecular weight excluding hydrogens is 666 g/mol. The lowest BCUT2D eigenvalue weighted by Gasteiger charge is -2.38. The highest BCUT2D eigenvalue weighted by Gasteiger charge is 2.78. The SMILES string of the molecule is FC(F)(Cl)C(Cl)(Cl)C(F)(F)C(F)(Cl)SSSC(F)(Cl)C(F)(F)C(Cl)(Cl)C(F)(F)Cl. The van der Waals surface area contributed by atoms with Gasteiger partial charge in [-0.2, -0.15) is 35.1 Å². The quantitative estimate of drug-likeness (QED) is 0.130. The normalized spacial score (nSPS) is 19.7. The van der Waals surface area contributed by atoms with E-state index in [0.717, 1.165) is 0 Å². The molecule has 0 aromatic heterocycles. The Morgan fingerprint density at radius 3 is 0.793 bits per heavy atom. The summed E-state index contributed by atoms with van der Waals surface area (Å²) in [6, 6.07) is 0. The van der Waals surface area contributed by atoms with Crippen molar-refractivity contribution in [2.45, 2.75) is 40.2 Å². The minimum Gasteiger partial charge on any atom is -0.206 e. The molecule has 0 fully saturated rings. The fourth-order valence-electron chi connectivity index (χ4n) is 0.929. The number of alkyl halides is 18. The highest BCUT2D eigenvalue weighted by molar-refractivity contribution is 9.10. The second kappa shape index (κ2) is 9.37. The van der Waals surface area contributed by atoms with Gasteiger partial charge in [0.25, 0.3) is 8.67 Å². The van der Waals surface area contributed by atoms with Gasteiger partial charge in [0.1, 0.15) is 0 Å². The third-order valence-corrected chi connectivity index (χ3v) is 10.9. The van der Waals surface area contributed by atoms with Gasteiger partial charge in [0.05, 0.1) is 0 Å². The van der Waals surface area contributed by atoms with E-state index in [9.17, 15) is 43.9 Å². The van der Waals surface area contributed by atoms with Crippen LogP contribution in [0.1, 0.15) is 0 Å². The molecule has 0 N–H and O–H groups in total. The van der Waals surface area contributed by atoms with Crippen molar-refractivity contribution in [2.24, 2.45) is 0 Å². The van der Waals surface area contributed by atoms with Crippen LogP contribution in [0.4, 0.5) is 43.9 Å². The van der Waals surface area contributed by atoms with Crippen LogP contribution in [0.3, 0.4) is 0 Å². The molecule has 0 spiro atoms. The van der Waals surface area contributed by atoms with Crippen molar-refractivity contribution < 1.29 is 43.9 Å². The first-order valence-corrected chi connectivity index (χ1v) is 12.2. The molecule has 2 atom stereocenters. The minimum atomic E-state index is -5.62. The summed E-state index contributed by atoms with van der Waals surface area (Å²) < 4.78 is 116. The summed E-state index contributed by atoms with van der Waals surface area (Å²) in [6.45, 7) is 0. The third kappa shape index (κ3) is 6.03. The van der Waals surface area contributed by atoms with E-state index in [0.29, 0.717) is 0 Å². The lowest BCUT2D eigenvalue weighted by molar-refractivity contribution is -0.117. The van der Waals surface area contributed by atoms with Crippen molar-refractivity contribution in [3.05, 3.63) is 0 Å². The van der Waals surface area contributed by atoms with Gasteiger partial charge in [-0.1, -0.05) is 69.6 Å². The van der Waals surface area contributed by atoms with Crippen LogP contribution in [0, 0.1) is 0 Å². The summed E-state index contributed by atoms with van der Waals surface area (Å²) in [5.74, 6) is -11.2. The topological polar surface area (TPSA) is 0 Å². The maximum atomic E-state index is 14.0. The van der Waals surface area contributed by atoms with Gasteiger partial charge >= 0.3 is 31.5 Å². The minimum absolute atomic E-state index is 0.777. The number of hydrogen-bond acceptors (Lipinski definition) is 3. The number of rotatable bonds is 10. The Balaban J connectivity index is 5.55. The summed E-state index contributed by atoms with van der Waals surface area (Å²) in [7, 11) is -2.99. The highest BCUT2D eigenvalue weighted by atomic mass is 35.5. The molecule has 0 radical (unpaired) electrons. The fraction of sp³-hybridized carbons (Fsp3) is 1.00. The first kappa shape index (κ1) is 31.7. The van der Waals surface area contributed by atoms with Crippen LogP contribution in [0.2, 0.25) is 0 Å². The average Bonchev–Trinajstić information content (AvgIpc) is 2.43. The van der Waals surface area contributed by atoms with Crippen molar-refractivity contribution in [2.75, 3.05) is 0 Å². The molecule has 0 aliphatic carbocycles. The Labute approximate surface area is 207 Å². The molecule has 0 aliphatic rings. The Bertz CT molecular complexity index is 540. The number of hydrogen-bond donors (Lipinski definition) is 0. The van der Waals surface area contributed by atoms with Crippen LogP contribution >= 0.6 is 124 Å². The second-order valence-corrected chi connectivity index (χ2v) is 13.9. The molecule has 0 saturated carbocycles. The van der Waals surface area contributed by atoms with Crippen molar-refractivity contribution in [3.8, 4) is 0 Å². The molecule has 176 valence electrons. The van der Waals surface area contributed by atoms with Gasteiger partial charge in [-0.3, -0.25) is 0 Å². The molecule has 0 aromatic rings. The number of halogens is 18. The Kier molecular flexibility index (Phi) is 10.2. The molecule has 21 heteroatoms. The van der Waals surface area contributed by atoms with Gasteiger partial charge in [0, 0.05) is 0 Å². The summed E-state index contributed by atoms with van der Waals surface area (Å²) in [5.41, 5.74) is 0. The summed E-state index contributed by atoms with van der Waals surface area (Å²) in [5, 5.41) is -10.3. The zero-order valence-corrected chi connectivity index (χ0v) is 20.5. The molecular formula is C8Cl8F10S3. The molecule has 0 bridgehead atoms. The van der Waals surface area contributed by atoms with Gasteiger partial charge in [-0.05, 0) is 54.6 Å². The van der Waals surface area contributed by atoms with Crippen molar-refractivity contribution in [3.63, 3.8) is 0 Å². The van der Waals surface area contributed by atoms with E-state index < -0.39 is 71.6 Å². The van der Waals surface area contributed by atoms with E-state index in [1.807, 2.05) is 0 Å². The Morgan fingerprint density at radius 2 is 0.621 bits per heavy atom. The standard InChI is InChI=1S/C8Cl8F10S3/c9-1(10,5(13,21)22)3(17,18)7(15,25)27-29-28-8(16,26)4(19,20)2(11,12)6(14,23)24. The van der Waals surface area contributed by atoms with Crippen LogP contribution in [0.5, 0.6) is 0 Å². The summed E-state index contributed by atoms with van der Waals surface area (Å²) >= 11 is 36.6.